The number of nitrogens with two attached hydrogens (primary N) is 1. The Morgan fingerprint density at radius 1 is 1.00 bits per heavy atom. The lowest BCUT2D eigenvalue weighted by atomic mass is 10.2. The highest BCUT2D eigenvalue weighted by Crippen LogP contribution is 2.33. The van der Waals surface area contributed by atoms with Gasteiger partial charge in [0.05, 0.1) is 11.4 Å². The molecule has 0 saturated carbocycles. The van der Waals surface area contributed by atoms with Crippen LogP contribution in [-0.2, 0) is 4.74 Å². The molecule has 0 unspecified atom stereocenters. The number of carbonyl (C=O) groups excluding carboxylic acids is 2. The number of phenolic OH excluding ortho intramolecular Hbond substituents is 1. The van der Waals surface area contributed by atoms with Crippen LogP contribution in [0.2, 0.25) is 0 Å². The Morgan fingerprint density at radius 3 is 2.20 bits per heavy atom. The van der Waals surface area contributed by atoms with E-state index in [4.69, 9.17) is 5.73 Å². The lowest BCUT2D eigenvalue weighted by molar-refractivity contribution is 0.163. The maximum Gasteiger partial charge on any atom is 0.428 e. The third-order valence-corrected chi connectivity index (χ3v) is 2.51. The Hall–Kier alpha value is -3.02. The van der Waals surface area contributed by atoms with Crippen LogP contribution in [0, 0.1) is 0 Å². The second-order valence-electron chi connectivity index (χ2n) is 3.85. The second kappa shape index (κ2) is 5.75. The molecule has 6 nitrogen and oxygen atoms in total. The van der Waals surface area contributed by atoms with Crippen molar-refractivity contribution in [3.63, 3.8) is 0 Å². The van der Waals surface area contributed by atoms with Gasteiger partial charge in [-0.1, -0.05) is 30.3 Å². The van der Waals surface area contributed by atoms with E-state index in [0.717, 1.165) is 4.90 Å². The van der Waals surface area contributed by atoms with E-state index in [1.807, 2.05) is 0 Å². The van der Waals surface area contributed by atoms with E-state index in [1.165, 1.54) is 12.1 Å². The summed E-state index contributed by atoms with van der Waals surface area (Å²) >= 11 is 0. The lowest BCUT2D eigenvalue weighted by Gasteiger charge is -2.21. The van der Waals surface area contributed by atoms with Crippen molar-refractivity contribution in [2.75, 3.05) is 4.90 Å². The standard InChI is InChI=1S/C14H12N2O4/c15-13(18)20-14(19)16(10-6-2-1-3-7-10)11-8-4-5-9-12(11)17/h1-9,17H,(H2,15,18). The van der Waals surface area contributed by atoms with Crippen molar-refractivity contribution in [3.05, 3.63) is 54.6 Å². The fourth-order valence-electron chi connectivity index (χ4n) is 1.70. The fourth-order valence-corrected chi connectivity index (χ4v) is 1.70. The molecule has 20 heavy (non-hydrogen) atoms. The molecule has 3 N–H and O–H groups in total. The summed E-state index contributed by atoms with van der Waals surface area (Å²) in [5.74, 6) is -0.127. The molecule has 0 atom stereocenters. The molecule has 0 bridgehead atoms. The number of aromatic hydroxyl groups is 1. The zero-order valence-corrected chi connectivity index (χ0v) is 10.4. The number of anilines is 2. The number of carbonyl (C=O) groups is 2. The molecule has 2 aromatic carbocycles. The number of benzene rings is 2. The minimum atomic E-state index is -1.22. The van der Waals surface area contributed by atoms with Gasteiger partial charge in [-0.25, -0.2) is 14.5 Å². The van der Waals surface area contributed by atoms with Crippen LogP contribution in [0.5, 0.6) is 5.75 Å². The molecule has 0 fully saturated rings. The van der Waals surface area contributed by atoms with Gasteiger partial charge in [0.2, 0.25) is 0 Å². The molecule has 0 saturated heterocycles. The fraction of sp³-hybridized carbons (Fsp3) is 0. The van der Waals surface area contributed by atoms with Crippen LogP contribution in [0.1, 0.15) is 0 Å². The smallest absolute Gasteiger partial charge is 0.428 e. The van der Waals surface area contributed by atoms with Crippen LogP contribution < -0.4 is 10.6 Å². The average molecular weight is 272 g/mol. The number of para-hydroxylation sites is 3. The molecule has 0 heterocycles. The molecule has 0 aliphatic heterocycles. The summed E-state index contributed by atoms with van der Waals surface area (Å²) in [6.45, 7) is 0. The van der Waals surface area contributed by atoms with Crippen molar-refractivity contribution >= 4 is 23.6 Å². The van der Waals surface area contributed by atoms with Gasteiger partial charge in [-0.2, -0.15) is 0 Å². The van der Waals surface area contributed by atoms with Gasteiger partial charge in [-0.05, 0) is 24.3 Å². The normalized spacial score (nSPS) is 9.80. The highest BCUT2D eigenvalue weighted by molar-refractivity contribution is 6.01. The SMILES string of the molecule is NC(=O)OC(=O)N(c1ccccc1)c1ccccc1O. The zero-order chi connectivity index (χ0) is 14.5. The van der Waals surface area contributed by atoms with Crippen LogP contribution >= 0.6 is 0 Å². The number of hydrogen-bond acceptors (Lipinski definition) is 4. The highest BCUT2D eigenvalue weighted by atomic mass is 16.6. The Kier molecular flexibility index (Phi) is 3.85. The van der Waals surface area contributed by atoms with E-state index in [2.05, 4.69) is 4.74 Å². The number of ether oxygens (including phenoxy) is 1. The number of nitrogens with zero attached hydrogens (tertiary/aromatic N) is 1. The summed E-state index contributed by atoms with van der Waals surface area (Å²) in [6, 6.07) is 14.6. The van der Waals surface area contributed by atoms with E-state index in [0.29, 0.717) is 5.69 Å². The van der Waals surface area contributed by atoms with Crippen molar-refractivity contribution < 1.29 is 19.4 Å². The van der Waals surface area contributed by atoms with Crippen LogP contribution in [0.15, 0.2) is 54.6 Å². The molecule has 0 aromatic heterocycles. The van der Waals surface area contributed by atoms with Crippen molar-refractivity contribution in [3.8, 4) is 5.75 Å². The molecule has 102 valence electrons. The minimum absolute atomic E-state index is 0.127. The van der Waals surface area contributed by atoms with E-state index < -0.39 is 12.2 Å². The summed E-state index contributed by atoms with van der Waals surface area (Å²) in [5.41, 5.74) is 5.47. The van der Waals surface area contributed by atoms with Crippen molar-refractivity contribution in [1.82, 2.24) is 0 Å². The average Bonchev–Trinajstić information content (AvgIpc) is 2.42. The van der Waals surface area contributed by atoms with Crippen molar-refractivity contribution in [2.45, 2.75) is 0 Å². The Labute approximate surface area is 115 Å². The van der Waals surface area contributed by atoms with Gasteiger partial charge in [-0.15, -0.1) is 0 Å². The first kappa shape index (κ1) is 13.4. The monoisotopic (exact) mass is 272 g/mol. The van der Waals surface area contributed by atoms with E-state index in [-0.39, 0.29) is 11.4 Å². The molecule has 0 spiro atoms. The van der Waals surface area contributed by atoms with Gasteiger partial charge in [-0.3, -0.25) is 0 Å². The Morgan fingerprint density at radius 2 is 1.60 bits per heavy atom. The van der Waals surface area contributed by atoms with Gasteiger partial charge in [0.1, 0.15) is 5.75 Å². The minimum Gasteiger partial charge on any atom is -0.506 e. The van der Waals surface area contributed by atoms with Gasteiger partial charge >= 0.3 is 12.2 Å². The van der Waals surface area contributed by atoms with E-state index >= 15 is 0 Å². The molecular formula is C14H12N2O4. The summed E-state index contributed by atoms with van der Waals surface area (Å²) in [4.78, 5) is 23.8. The van der Waals surface area contributed by atoms with E-state index in [1.54, 1.807) is 42.5 Å². The van der Waals surface area contributed by atoms with Gasteiger partial charge in [0, 0.05) is 0 Å². The molecule has 2 aromatic rings. The number of amides is 2. The molecule has 2 rings (SSSR count). The van der Waals surface area contributed by atoms with Crippen LogP contribution in [0.25, 0.3) is 0 Å². The predicted octanol–water partition coefficient (Wildman–Crippen LogP) is 2.75. The highest BCUT2D eigenvalue weighted by Gasteiger charge is 2.23. The van der Waals surface area contributed by atoms with Gasteiger partial charge in [0.25, 0.3) is 0 Å². The second-order valence-corrected chi connectivity index (χ2v) is 3.85. The molecule has 2 amide bonds. The summed E-state index contributed by atoms with van der Waals surface area (Å²) in [7, 11) is 0. The topological polar surface area (TPSA) is 92.9 Å². The number of phenols is 1. The van der Waals surface area contributed by atoms with Crippen LogP contribution in [0.3, 0.4) is 0 Å². The third kappa shape index (κ3) is 2.86. The quantitative estimate of drug-likeness (QED) is 0.822. The first-order valence-electron chi connectivity index (χ1n) is 5.74. The van der Waals surface area contributed by atoms with Crippen LogP contribution in [-0.4, -0.2) is 17.3 Å². The molecule has 0 aliphatic rings. The maximum atomic E-state index is 12.0. The number of rotatable bonds is 2. The maximum absolute atomic E-state index is 12.0. The van der Waals surface area contributed by atoms with Crippen LogP contribution in [0.4, 0.5) is 21.0 Å². The van der Waals surface area contributed by atoms with E-state index in [9.17, 15) is 14.7 Å². The summed E-state index contributed by atoms with van der Waals surface area (Å²) in [6.07, 6.45) is -2.21. The Balaban J connectivity index is 2.48. The predicted molar refractivity (Wildman–Crippen MR) is 72.8 cm³/mol. The first-order valence-corrected chi connectivity index (χ1v) is 5.74. The first-order chi connectivity index (χ1) is 9.59. The Bertz CT molecular complexity index is 628. The molecule has 0 radical (unpaired) electrons. The number of hydrogen-bond donors (Lipinski definition) is 2. The summed E-state index contributed by atoms with van der Waals surface area (Å²) in [5, 5.41) is 9.86. The summed E-state index contributed by atoms with van der Waals surface area (Å²) < 4.78 is 4.39. The molecular weight excluding hydrogens is 260 g/mol. The third-order valence-electron chi connectivity index (χ3n) is 2.51. The molecule has 6 heteroatoms. The van der Waals surface area contributed by atoms with Gasteiger partial charge < -0.3 is 15.6 Å². The zero-order valence-electron chi connectivity index (χ0n) is 10.4. The largest absolute Gasteiger partial charge is 0.506 e. The van der Waals surface area contributed by atoms with Crippen molar-refractivity contribution in [2.24, 2.45) is 5.73 Å². The number of primary amides is 1. The van der Waals surface area contributed by atoms with Crippen molar-refractivity contribution in [1.29, 1.82) is 0 Å². The molecule has 0 aliphatic carbocycles. The van der Waals surface area contributed by atoms with Gasteiger partial charge in [0.15, 0.2) is 0 Å². The lowest BCUT2D eigenvalue weighted by Crippen LogP contribution is -2.31.